The third-order valence-electron chi connectivity index (χ3n) is 6.01. The first-order chi connectivity index (χ1) is 15.9. The smallest absolute Gasteiger partial charge is 0.259 e. The van der Waals surface area contributed by atoms with E-state index in [1.165, 1.54) is 4.88 Å². The fourth-order valence-corrected chi connectivity index (χ4v) is 4.86. The molecule has 0 bridgehead atoms. The van der Waals surface area contributed by atoms with Crippen molar-refractivity contribution in [3.8, 4) is 5.75 Å². The van der Waals surface area contributed by atoms with Crippen molar-refractivity contribution in [2.24, 2.45) is 0 Å². The van der Waals surface area contributed by atoms with E-state index < -0.39 is 5.60 Å². The van der Waals surface area contributed by atoms with E-state index in [0.717, 1.165) is 30.8 Å². The van der Waals surface area contributed by atoms with Gasteiger partial charge in [-0.1, -0.05) is 18.2 Å². The molecule has 0 saturated carbocycles. The Labute approximate surface area is 199 Å². The van der Waals surface area contributed by atoms with Crippen molar-refractivity contribution in [3.05, 3.63) is 69.8 Å². The molecule has 1 unspecified atom stereocenters. The molecule has 1 atom stereocenters. The second kappa shape index (κ2) is 9.89. The molecule has 0 spiro atoms. The molecular weight excluding hydrogens is 434 g/mol. The Hall–Kier alpha value is -2.97. The third kappa shape index (κ3) is 5.17. The molecule has 0 saturated heterocycles. The lowest BCUT2D eigenvalue weighted by Crippen LogP contribution is -2.33. The Morgan fingerprint density at radius 2 is 2.00 bits per heavy atom. The molecule has 1 aliphatic heterocycles. The molecule has 4 rings (SSSR count). The van der Waals surface area contributed by atoms with Gasteiger partial charge in [-0.3, -0.25) is 4.79 Å². The summed E-state index contributed by atoms with van der Waals surface area (Å²) in [5.74, 6) is 2.16. The lowest BCUT2D eigenvalue weighted by Gasteiger charge is -2.30. The number of rotatable bonds is 8. The van der Waals surface area contributed by atoms with Gasteiger partial charge < -0.3 is 19.9 Å². The van der Waals surface area contributed by atoms with Gasteiger partial charge in [0.05, 0.1) is 0 Å². The van der Waals surface area contributed by atoms with Crippen molar-refractivity contribution in [3.63, 3.8) is 0 Å². The van der Waals surface area contributed by atoms with E-state index in [9.17, 15) is 4.79 Å². The van der Waals surface area contributed by atoms with E-state index in [0.29, 0.717) is 30.3 Å². The highest BCUT2D eigenvalue weighted by Crippen LogP contribution is 2.34. The molecule has 1 amide bonds. The fourth-order valence-electron chi connectivity index (χ4n) is 4.01. The number of aromatic nitrogens is 2. The maximum Gasteiger partial charge on any atom is 0.259 e. The van der Waals surface area contributed by atoms with E-state index in [1.807, 2.05) is 55.1 Å². The van der Waals surface area contributed by atoms with E-state index >= 15 is 0 Å². The minimum Gasteiger partial charge on any atom is -0.482 e. The Bertz CT molecular complexity index is 1090. The molecule has 174 valence electrons. The summed E-state index contributed by atoms with van der Waals surface area (Å²) in [7, 11) is 3.92. The van der Waals surface area contributed by atoms with Crippen LogP contribution in [-0.4, -0.2) is 54.5 Å². The zero-order valence-corrected chi connectivity index (χ0v) is 20.5. The first-order valence-electron chi connectivity index (χ1n) is 11.2. The van der Waals surface area contributed by atoms with Crippen molar-refractivity contribution in [1.29, 1.82) is 0 Å². The molecular formula is C25H31N5O2S. The summed E-state index contributed by atoms with van der Waals surface area (Å²) in [5, 5.41) is 5.31. The molecule has 1 aliphatic rings. The molecule has 8 heteroatoms. The van der Waals surface area contributed by atoms with Gasteiger partial charge in [0.1, 0.15) is 28.6 Å². The van der Waals surface area contributed by atoms with Crippen LogP contribution in [-0.2, 0) is 12.1 Å². The Morgan fingerprint density at radius 3 is 2.70 bits per heavy atom. The van der Waals surface area contributed by atoms with Crippen LogP contribution in [0.1, 0.15) is 40.0 Å². The number of carbonyl (C=O) groups excluding carboxylic acids is 1. The van der Waals surface area contributed by atoms with Gasteiger partial charge in [0.25, 0.3) is 5.91 Å². The molecule has 0 fully saturated rings. The van der Waals surface area contributed by atoms with Crippen LogP contribution in [0.5, 0.6) is 5.75 Å². The summed E-state index contributed by atoms with van der Waals surface area (Å²) in [6.45, 7) is 6.72. The van der Waals surface area contributed by atoms with Crippen LogP contribution in [0.2, 0.25) is 0 Å². The van der Waals surface area contributed by atoms with Crippen LogP contribution in [0, 0.1) is 6.92 Å². The van der Waals surface area contributed by atoms with Gasteiger partial charge in [-0.15, -0.1) is 11.3 Å². The molecule has 3 aromatic rings. The van der Waals surface area contributed by atoms with Gasteiger partial charge in [-0.05, 0) is 56.6 Å². The predicted molar refractivity (Wildman–Crippen MR) is 132 cm³/mol. The Balaban J connectivity index is 1.48. The average molecular weight is 466 g/mol. The zero-order valence-electron chi connectivity index (χ0n) is 19.7. The summed E-state index contributed by atoms with van der Waals surface area (Å²) in [4.78, 5) is 27.0. The molecule has 1 aromatic carbocycles. The summed E-state index contributed by atoms with van der Waals surface area (Å²) in [6.07, 6.45) is 2.50. The fraction of sp³-hybridized carbons (Fsp3) is 0.400. The molecule has 0 radical (unpaired) electrons. The highest BCUT2D eigenvalue weighted by Gasteiger charge is 2.30. The molecule has 3 heterocycles. The zero-order chi connectivity index (χ0) is 23.4. The molecule has 2 aromatic heterocycles. The second-order valence-corrected chi connectivity index (χ2v) is 9.56. The molecule has 33 heavy (non-hydrogen) atoms. The van der Waals surface area contributed by atoms with Crippen LogP contribution in [0.3, 0.4) is 0 Å². The lowest BCUT2D eigenvalue weighted by molar-refractivity contribution is 0.0754. The Kier molecular flexibility index (Phi) is 6.95. The number of benzene rings is 1. The van der Waals surface area contributed by atoms with Crippen molar-refractivity contribution in [2.75, 3.05) is 38.6 Å². The summed E-state index contributed by atoms with van der Waals surface area (Å²) in [6, 6.07) is 12.3. The van der Waals surface area contributed by atoms with Crippen LogP contribution < -0.4 is 15.0 Å². The topological polar surface area (TPSA) is 70.6 Å². The van der Waals surface area contributed by atoms with E-state index in [-0.39, 0.29) is 5.91 Å². The van der Waals surface area contributed by atoms with Crippen LogP contribution in [0.25, 0.3) is 0 Å². The second-order valence-electron chi connectivity index (χ2n) is 8.61. The summed E-state index contributed by atoms with van der Waals surface area (Å²) >= 11 is 1.71. The van der Waals surface area contributed by atoms with Crippen molar-refractivity contribution < 1.29 is 9.53 Å². The lowest BCUT2D eigenvalue weighted by atomic mass is 9.99. The number of ether oxygens (including phenoxy) is 1. The van der Waals surface area contributed by atoms with Crippen LogP contribution in [0.4, 0.5) is 5.82 Å². The number of aryl methyl sites for hydroxylation is 1. The number of nitrogens with one attached hydrogen (secondary N) is 1. The van der Waals surface area contributed by atoms with Gasteiger partial charge in [0.2, 0.25) is 0 Å². The van der Waals surface area contributed by atoms with Gasteiger partial charge in [-0.25, -0.2) is 9.97 Å². The quantitative estimate of drug-likeness (QED) is 0.545. The predicted octanol–water partition coefficient (Wildman–Crippen LogP) is 3.84. The minimum atomic E-state index is -0.397. The molecule has 1 N–H and O–H groups in total. The highest BCUT2D eigenvalue weighted by atomic mass is 32.1. The third-order valence-corrected chi connectivity index (χ3v) is 7.12. The number of thiophene rings is 1. The minimum absolute atomic E-state index is 0.0352. The van der Waals surface area contributed by atoms with E-state index in [4.69, 9.17) is 4.74 Å². The summed E-state index contributed by atoms with van der Waals surface area (Å²) in [5.41, 5.74) is 1.21. The maximum atomic E-state index is 13.2. The van der Waals surface area contributed by atoms with E-state index in [2.05, 4.69) is 39.7 Å². The molecule has 7 nitrogen and oxygen atoms in total. The molecule has 0 aliphatic carbocycles. The van der Waals surface area contributed by atoms with Crippen molar-refractivity contribution in [2.45, 2.75) is 32.4 Å². The SMILES string of the molecule is CNCCC(C)(Oc1ccc(CN2CCN(C)c3nc(C)ncc3C2=O)cc1)c1cccs1. The monoisotopic (exact) mass is 465 g/mol. The normalized spacial score (nSPS) is 15.7. The first kappa shape index (κ1) is 23.2. The van der Waals surface area contributed by atoms with Crippen LogP contribution >= 0.6 is 11.3 Å². The largest absolute Gasteiger partial charge is 0.482 e. The Morgan fingerprint density at radius 1 is 1.21 bits per heavy atom. The number of amides is 1. The standard InChI is InChI=1S/C25H31N5O2S/c1-18-27-16-21-23(28-18)29(4)13-14-30(24(21)31)17-19-7-9-20(10-8-19)32-25(2,11-12-26-3)22-6-5-15-33-22/h5-10,15-16,26H,11-14,17H2,1-4H3. The van der Waals surface area contributed by atoms with Gasteiger partial charge in [0.15, 0.2) is 0 Å². The number of hydrogen-bond acceptors (Lipinski definition) is 7. The van der Waals surface area contributed by atoms with E-state index in [1.54, 1.807) is 17.5 Å². The number of carbonyl (C=O) groups is 1. The number of anilines is 1. The van der Waals surface area contributed by atoms with Gasteiger partial charge >= 0.3 is 0 Å². The van der Waals surface area contributed by atoms with Crippen LogP contribution in [0.15, 0.2) is 48.0 Å². The number of likely N-dealkylation sites (N-methyl/N-ethyl adjacent to an activating group) is 1. The number of hydrogen-bond donors (Lipinski definition) is 1. The van der Waals surface area contributed by atoms with Gasteiger partial charge in [0, 0.05) is 44.2 Å². The summed E-state index contributed by atoms with van der Waals surface area (Å²) < 4.78 is 6.47. The highest BCUT2D eigenvalue weighted by molar-refractivity contribution is 7.10. The number of fused-ring (bicyclic) bond motifs is 1. The maximum absolute atomic E-state index is 13.2. The van der Waals surface area contributed by atoms with Crippen molar-refractivity contribution in [1.82, 2.24) is 20.2 Å². The number of nitrogens with zero attached hydrogens (tertiary/aromatic N) is 4. The van der Waals surface area contributed by atoms with Gasteiger partial charge in [-0.2, -0.15) is 0 Å². The average Bonchev–Trinajstić information content (AvgIpc) is 3.33. The first-order valence-corrected chi connectivity index (χ1v) is 12.1. The van der Waals surface area contributed by atoms with Crippen molar-refractivity contribution >= 4 is 23.1 Å².